The highest BCUT2D eigenvalue weighted by atomic mass is 15.1. The van der Waals surface area contributed by atoms with Gasteiger partial charge in [-0.25, -0.2) is 0 Å². The Balaban J connectivity index is 1.04. The summed E-state index contributed by atoms with van der Waals surface area (Å²) in [5.41, 5.74) is 24.7. The van der Waals surface area contributed by atoms with Crippen LogP contribution in [-0.4, -0.2) is 0 Å². The summed E-state index contributed by atoms with van der Waals surface area (Å²) in [7, 11) is 0. The monoisotopic (exact) mass is 935 g/mol. The van der Waals surface area contributed by atoms with Gasteiger partial charge in [0.2, 0.25) is 0 Å². The average Bonchev–Trinajstić information content (AvgIpc) is 4.17. The molecule has 2 spiro atoms. The first-order valence-corrected chi connectivity index (χ1v) is 26.1. The Labute approximate surface area is 429 Å². The van der Waals surface area contributed by atoms with E-state index in [1.807, 2.05) is 0 Å². The van der Waals surface area contributed by atoms with Gasteiger partial charge in [0.15, 0.2) is 0 Å². The molecule has 1 nitrogen and oxygen atoms in total. The van der Waals surface area contributed by atoms with Gasteiger partial charge in [-0.15, -0.1) is 0 Å². The summed E-state index contributed by atoms with van der Waals surface area (Å²) < 4.78 is 0. The van der Waals surface area contributed by atoms with E-state index in [2.05, 4.69) is 267 Å². The molecule has 0 N–H and O–H groups in total. The summed E-state index contributed by atoms with van der Waals surface area (Å²) in [5, 5.41) is 9.97. The summed E-state index contributed by atoms with van der Waals surface area (Å²) in [6, 6.07) is 97.6. The van der Waals surface area contributed by atoms with Gasteiger partial charge in [0.1, 0.15) is 0 Å². The number of anilines is 3. The molecule has 74 heavy (non-hydrogen) atoms. The van der Waals surface area contributed by atoms with Crippen LogP contribution in [-0.2, 0) is 10.8 Å². The van der Waals surface area contributed by atoms with Gasteiger partial charge in [-0.1, -0.05) is 212 Å². The summed E-state index contributed by atoms with van der Waals surface area (Å²) in [4.78, 5) is 2.63. The standard InChI is InChI=1S/C73H45N/c1-44-34-36-49(37-35-44)74(68-42-66-70(56-28-8-6-26-54(56)68)58-38-45-18-2-4-20-47(45)40-64(58)72(66)60-30-14-10-22-50(60)51-23-11-15-31-61(51)72)69-43-67-71(57-29-9-7-27-55(57)69)59-39-46-19-3-5-21-48(46)41-65(59)73(67)62-32-16-12-24-52(62)53-25-13-17-33-63(53)73/h2-43H,1H3. The maximum absolute atomic E-state index is 2.63. The maximum Gasteiger partial charge on any atom is 0.0726 e. The lowest BCUT2D eigenvalue weighted by molar-refractivity contribution is 0.794. The predicted molar refractivity (Wildman–Crippen MR) is 308 cm³/mol. The highest BCUT2D eigenvalue weighted by Gasteiger charge is 2.54. The van der Waals surface area contributed by atoms with Crippen LogP contribution in [0.15, 0.2) is 255 Å². The second-order valence-electron chi connectivity index (χ2n) is 21.1. The number of nitrogens with zero attached hydrogens (tertiary/aromatic N) is 1. The average molecular weight is 936 g/mol. The summed E-state index contributed by atoms with van der Waals surface area (Å²) in [5.74, 6) is 0. The van der Waals surface area contributed by atoms with Crippen molar-refractivity contribution in [3.63, 3.8) is 0 Å². The van der Waals surface area contributed by atoms with E-state index >= 15 is 0 Å². The Morgan fingerprint density at radius 3 is 0.973 bits per heavy atom. The third-order valence-corrected chi connectivity index (χ3v) is 17.7. The molecule has 342 valence electrons. The molecular weight excluding hydrogens is 891 g/mol. The lowest BCUT2D eigenvalue weighted by atomic mass is 9.70. The molecule has 4 aliphatic rings. The number of hydrogen-bond donors (Lipinski definition) is 0. The van der Waals surface area contributed by atoms with Gasteiger partial charge in [-0.3, -0.25) is 0 Å². The molecule has 0 unspecified atom stereocenters. The van der Waals surface area contributed by atoms with Gasteiger partial charge in [0.25, 0.3) is 0 Å². The highest BCUT2D eigenvalue weighted by molar-refractivity contribution is 6.17. The minimum absolute atomic E-state index is 0.565. The van der Waals surface area contributed by atoms with Gasteiger partial charge in [0, 0.05) is 16.5 Å². The van der Waals surface area contributed by atoms with Crippen molar-refractivity contribution >= 4 is 60.2 Å². The normalized spacial score (nSPS) is 14.2. The largest absolute Gasteiger partial charge is 0.309 e. The molecule has 0 heterocycles. The first-order valence-electron chi connectivity index (χ1n) is 26.1. The second-order valence-corrected chi connectivity index (χ2v) is 21.1. The van der Waals surface area contributed by atoms with E-state index in [1.165, 1.54) is 138 Å². The van der Waals surface area contributed by atoms with E-state index in [0.717, 1.165) is 17.1 Å². The number of aryl methyl sites for hydroxylation is 1. The summed E-state index contributed by atoms with van der Waals surface area (Å²) >= 11 is 0. The molecule has 0 fully saturated rings. The van der Waals surface area contributed by atoms with Crippen molar-refractivity contribution in [2.45, 2.75) is 17.8 Å². The van der Waals surface area contributed by atoms with Crippen LogP contribution in [0.4, 0.5) is 17.1 Å². The predicted octanol–water partition coefficient (Wildman–Crippen LogP) is 18.8. The van der Waals surface area contributed by atoms with Gasteiger partial charge in [-0.05, 0) is 177 Å². The van der Waals surface area contributed by atoms with E-state index in [4.69, 9.17) is 0 Å². The fourth-order valence-corrected chi connectivity index (χ4v) is 14.8. The highest BCUT2D eigenvalue weighted by Crippen LogP contribution is 2.68. The molecule has 13 aromatic rings. The molecule has 4 aliphatic carbocycles. The van der Waals surface area contributed by atoms with Crippen molar-refractivity contribution in [1.82, 2.24) is 0 Å². The molecule has 1 heteroatoms. The number of benzene rings is 13. The minimum Gasteiger partial charge on any atom is -0.309 e. The Kier molecular flexibility index (Phi) is 7.87. The number of rotatable bonds is 3. The van der Waals surface area contributed by atoms with E-state index in [1.54, 1.807) is 0 Å². The summed E-state index contributed by atoms with van der Waals surface area (Å²) in [6.45, 7) is 2.20. The quantitative estimate of drug-likeness (QED) is 0.171. The molecule has 0 atom stereocenters. The van der Waals surface area contributed by atoms with Crippen molar-refractivity contribution in [2.75, 3.05) is 4.90 Å². The molecular formula is C73H45N. The molecule has 0 radical (unpaired) electrons. The van der Waals surface area contributed by atoms with Crippen molar-refractivity contribution in [3.05, 3.63) is 305 Å². The lowest BCUT2D eigenvalue weighted by Crippen LogP contribution is -2.27. The van der Waals surface area contributed by atoms with Gasteiger partial charge in [0.05, 0.1) is 22.2 Å². The zero-order valence-corrected chi connectivity index (χ0v) is 40.7. The molecule has 0 aliphatic heterocycles. The Morgan fingerprint density at radius 2 is 0.581 bits per heavy atom. The smallest absolute Gasteiger partial charge is 0.0726 e. The zero-order valence-electron chi connectivity index (χ0n) is 40.7. The molecule has 0 aromatic heterocycles. The number of fused-ring (bicyclic) bond motifs is 26. The first-order chi connectivity index (χ1) is 36.6. The Morgan fingerprint density at radius 1 is 0.257 bits per heavy atom. The maximum atomic E-state index is 2.63. The molecule has 13 aromatic carbocycles. The van der Waals surface area contributed by atoms with E-state index < -0.39 is 10.8 Å². The number of hydrogen-bond acceptors (Lipinski definition) is 1. The molecule has 0 bridgehead atoms. The van der Waals surface area contributed by atoms with Crippen LogP contribution in [0.2, 0.25) is 0 Å². The Hall–Kier alpha value is -9.30. The van der Waals surface area contributed by atoms with Crippen LogP contribution in [0.1, 0.15) is 50.1 Å². The van der Waals surface area contributed by atoms with Crippen molar-refractivity contribution in [1.29, 1.82) is 0 Å². The van der Waals surface area contributed by atoms with E-state index in [-0.39, 0.29) is 0 Å². The second kappa shape index (κ2) is 14.4. The fraction of sp³-hybridized carbons (Fsp3) is 0.0411. The van der Waals surface area contributed by atoms with E-state index in [9.17, 15) is 0 Å². The Bertz CT molecular complexity index is 4260. The zero-order chi connectivity index (χ0) is 48.4. The van der Waals surface area contributed by atoms with Crippen LogP contribution in [0.3, 0.4) is 0 Å². The third-order valence-electron chi connectivity index (χ3n) is 17.7. The van der Waals surface area contributed by atoms with Crippen molar-refractivity contribution < 1.29 is 0 Å². The summed E-state index contributed by atoms with van der Waals surface area (Å²) in [6.07, 6.45) is 0. The van der Waals surface area contributed by atoms with Crippen LogP contribution >= 0.6 is 0 Å². The van der Waals surface area contributed by atoms with Crippen molar-refractivity contribution in [3.8, 4) is 44.5 Å². The fourth-order valence-electron chi connectivity index (χ4n) is 14.8. The molecule has 0 amide bonds. The van der Waals surface area contributed by atoms with E-state index in [0.29, 0.717) is 0 Å². The van der Waals surface area contributed by atoms with Gasteiger partial charge >= 0.3 is 0 Å². The third kappa shape index (κ3) is 4.90. The van der Waals surface area contributed by atoms with Crippen LogP contribution in [0.25, 0.3) is 87.6 Å². The van der Waals surface area contributed by atoms with Crippen molar-refractivity contribution in [2.24, 2.45) is 0 Å². The van der Waals surface area contributed by atoms with Crippen LogP contribution in [0, 0.1) is 6.92 Å². The topological polar surface area (TPSA) is 3.24 Å². The van der Waals surface area contributed by atoms with Gasteiger partial charge < -0.3 is 4.90 Å². The SMILES string of the molecule is Cc1ccc(N(c2cc3c(c4ccccc24)-c2cc4ccccc4cc2C32c3ccccc3-c3ccccc32)c2cc3c(c4ccccc24)-c2cc4ccccc4cc2C32c3ccccc3-c3ccccc32)cc1. The molecule has 17 rings (SSSR count). The van der Waals surface area contributed by atoms with Crippen LogP contribution in [0.5, 0.6) is 0 Å². The minimum atomic E-state index is -0.565. The van der Waals surface area contributed by atoms with Crippen LogP contribution < -0.4 is 4.90 Å². The first kappa shape index (κ1) is 40.3. The van der Waals surface area contributed by atoms with Gasteiger partial charge in [-0.2, -0.15) is 0 Å². The lowest BCUT2D eigenvalue weighted by Gasteiger charge is -2.35. The molecule has 0 saturated heterocycles. The molecule has 0 saturated carbocycles.